The second-order valence-electron chi connectivity index (χ2n) is 5.79. The lowest BCUT2D eigenvalue weighted by Crippen LogP contribution is -2.32. The number of hydrogen-bond acceptors (Lipinski definition) is 9. The fourth-order valence-corrected chi connectivity index (χ4v) is 3.03. The van der Waals surface area contributed by atoms with E-state index in [1.807, 2.05) is 19.1 Å². The van der Waals surface area contributed by atoms with Gasteiger partial charge in [0, 0.05) is 17.8 Å². The molecule has 0 aliphatic rings. The van der Waals surface area contributed by atoms with Crippen LogP contribution in [0.2, 0.25) is 0 Å². The van der Waals surface area contributed by atoms with Crippen LogP contribution in [0.1, 0.15) is 17.4 Å². The Morgan fingerprint density at radius 1 is 1.07 bits per heavy atom. The zero-order valence-corrected chi connectivity index (χ0v) is 17.1. The molecule has 0 aliphatic heterocycles. The lowest BCUT2D eigenvalue weighted by molar-refractivity contribution is -0.124. The van der Waals surface area contributed by atoms with Crippen LogP contribution in [-0.4, -0.2) is 53.2 Å². The summed E-state index contributed by atoms with van der Waals surface area (Å²) in [6.07, 6.45) is 3.18. The molecule has 2 heterocycles. The Labute approximate surface area is 177 Å². The normalized spacial score (nSPS) is 10.3. The molecule has 156 valence electrons. The topological polar surface area (TPSA) is 113 Å². The van der Waals surface area contributed by atoms with Crippen molar-refractivity contribution in [2.45, 2.75) is 6.92 Å². The summed E-state index contributed by atoms with van der Waals surface area (Å²) in [4.78, 5) is 36.2. The van der Waals surface area contributed by atoms with Gasteiger partial charge < -0.3 is 19.5 Å². The monoisotopic (exact) mass is 428 g/mol. The van der Waals surface area contributed by atoms with Crippen LogP contribution in [-0.2, 0) is 9.53 Å². The van der Waals surface area contributed by atoms with E-state index in [0.29, 0.717) is 23.2 Å². The first kappa shape index (κ1) is 21.2. The molecule has 9 nitrogen and oxygen atoms in total. The molecule has 0 fully saturated rings. The largest absolute Gasteiger partial charge is 0.494 e. The molecule has 0 saturated heterocycles. The van der Waals surface area contributed by atoms with Crippen LogP contribution >= 0.6 is 11.3 Å². The highest BCUT2D eigenvalue weighted by Gasteiger charge is 2.15. The minimum atomic E-state index is -0.686. The molecule has 0 bridgehead atoms. The number of amides is 1. The molecule has 1 aromatic carbocycles. The number of esters is 1. The van der Waals surface area contributed by atoms with E-state index < -0.39 is 18.5 Å². The molecule has 1 N–H and O–H groups in total. The molecule has 0 aliphatic carbocycles. The Morgan fingerprint density at radius 2 is 1.77 bits per heavy atom. The van der Waals surface area contributed by atoms with Crippen molar-refractivity contribution in [1.82, 2.24) is 20.3 Å². The first-order chi connectivity index (χ1) is 14.7. The summed E-state index contributed by atoms with van der Waals surface area (Å²) in [7, 11) is 0. The van der Waals surface area contributed by atoms with Gasteiger partial charge in [-0.25, -0.2) is 19.7 Å². The Bertz CT molecular complexity index is 963. The quantitative estimate of drug-likeness (QED) is 0.387. The SMILES string of the molecule is CCOc1ccc(OCCNC(=O)COC(=O)c2csc(-c3ncccn3)n2)cc1. The molecule has 3 rings (SSSR count). The van der Waals surface area contributed by atoms with Crippen LogP contribution in [0.5, 0.6) is 11.5 Å². The van der Waals surface area contributed by atoms with Crippen molar-refractivity contribution in [1.29, 1.82) is 0 Å². The Kier molecular flexibility index (Phi) is 7.67. The van der Waals surface area contributed by atoms with E-state index in [1.54, 1.807) is 30.6 Å². The standard InChI is InChI=1S/C20H20N4O5S/c1-2-27-14-4-6-15(7-5-14)28-11-10-21-17(25)12-29-20(26)16-13-30-19(24-16)18-22-8-3-9-23-18/h3-9,13H,2,10-12H2,1H3,(H,21,25). The van der Waals surface area contributed by atoms with Crippen LogP contribution in [0.15, 0.2) is 48.1 Å². The molecule has 2 aromatic heterocycles. The van der Waals surface area contributed by atoms with Gasteiger partial charge in [0.25, 0.3) is 5.91 Å². The molecule has 0 saturated carbocycles. The molecule has 10 heteroatoms. The zero-order chi connectivity index (χ0) is 21.2. The average Bonchev–Trinajstić information content (AvgIpc) is 3.27. The van der Waals surface area contributed by atoms with Crippen molar-refractivity contribution in [3.05, 3.63) is 53.8 Å². The number of aromatic nitrogens is 3. The number of thiazole rings is 1. The van der Waals surface area contributed by atoms with Gasteiger partial charge in [0.2, 0.25) is 0 Å². The lowest BCUT2D eigenvalue weighted by atomic mass is 10.3. The molecular formula is C20H20N4O5S. The van der Waals surface area contributed by atoms with Crippen LogP contribution < -0.4 is 14.8 Å². The van der Waals surface area contributed by atoms with E-state index in [9.17, 15) is 9.59 Å². The summed E-state index contributed by atoms with van der Waals surface area (Å²) in [6.45, 7) is 2.66. The highest BCUT2D eigenvalue weighted by Crippen LogP contribution is 2.20. The summed E-state index contributed by atoms with van der Waals surface area (Å²) in [5.74, 6) is 0.742. The molecule has 0 unspecified atom stereocenters. The van der Waals surface area contributed by atoms with Crippen LogP contribution in [0, 0.1) is 0 Å². The fourth-order valence-electron chi connectivity index (χ4n) is 2.29. The smallest absolute Gasteiger partial charge is 0.358 e. The van der Waals surface area contributed by atoms with Gasteiger partial charge in [-0.2, -0.15) is 0 Å². The Morgan fingerprint density at radius 3 is 2.47 bits per heavy atom. The van der Waals surface area contributed by atoms with Crippen molar-refractivity contribution in [2.75, 3.05) is 26.4 Å². The van der Waals surface area contributed by atoms with E-state index in [2.05, 4.69) is 20.3 Å². The third-order valence-electron chi connectivity index (χ3n) is 3.63. The molecule has 0 atom stereocenters. The van der Waals surface area contributed by atoms with E-state index in [-0.39, 0.29) is 18.8 Å². The molecule has 3 aromatic rings. The summed E-state index contributed by atoms with van der Waals surface area (Å²) < 4.78 is 15.9. The van der Waals surface area contributed by atoms with Crippen molar-refractivity contribution >= 4 is 23.2 Å². The van der Waals surface area contributed by atoms with E-state index in [0.717, 1.165) is 5.75 Å². The van der Waals surface area contributed by atoms with Gasteiger partial charge in [-0.3, -0.25) is 4.79 Å². The number of nitrogens with one attached hydrogen (secondary N) is 1. The Hall–Kier alpha value is -3.53. The second kappa shape index (κ2) is 10.9. The van der Waals surface area contributed by atoms with Crippen molar-refractivity contribution in [3.63, 3.8) is 0 Å². The van der Waals surface area contributed by atoms with Crippen LogP contribution in [0.4, 0.5) is 0 Å². The van der Waals surface area contributed by atoms with Gasteiger partial charge in [-0.15, -0.1) is 11.3 Å². The molecule has 0 spiro atoms. The number of carbonyl (C=O) groups excluding carboxylic acids is 2. The van der Waals surface area contributed by atoms with Crippen molar-refractivity contribution in [3.8, 4) is 22.3 Å². The van der Waals surface area contributed by atoms with Crippen molar-refractivity contribution < 1.29 is 23.8 Å². The Balaban J connectivity index is 1.35. The first-order valence-corrected chi connectivity index (χ1v) is 10.1. The summed E-state index contributed by atoms with van der Waals surface area (Å²) in [6, 6.07) is 8.89. The van der Waals surface area contributed by atoms with E-state index in [1.165, 1.54) is 16.7 Å². The van der Waals surface area contributed by atoms with Crippen LogP contribution in [0.25, 0.3) is 10.8 Å². The minimum absolute atomic E-state index is 0.106. The summed E-state index contributed by atoms with van der Waals surface area (Å²) in [5, 5.41) is 4.66. The second-order valence-corrected chi connectivity index (χ2v) is 6.65. The number of rotatable bonds is 10. The number of hydrogen-bond donors (Lipinski definition) is 1. The van der Waals surface area contributed by atoms with Gasteiger partial charge in [-0.05, 0) is 37.3 Å². The van der Waals surface area contributed by atoms with Crippen LogP contribution in [0.3, 0.4) is 0 Å². The van der Waals surface area contributed by atoms with Gasteiger partial charge in [0.1, 0.15) is 18.1 Å². The third kappa shape index (κ3) is 6.24. The number of carbonyl (C=O) groups is 2. The maximum Gasteiger partial charge on any atom is 0.358 e. The molecular weight excluding hydrogens is 408 g/mol. The predicted molar refractivity (Wildman–Crippen MR) is 110 cm³/mol. The fraction of sp³-hybridized carbons (Fsp3) is 0.250. The average molecular weight is 428 g/mol. The summed E-state index contributed by atoms with van der Waals surface area (Å²) >= 11 is 1.22. The van der Waals surface area contributed by atoms with E-state index >= 15 is 0 Å². The number of benzene rings is 1. The highest BCUT2D eigenvalue weighted by atomic mass is 32.1. The van der Waals surface area contributed by atoms with E-state index in [4.69, 9.17) is 14.2 Å². The van der Waals surface area contributed by atoms with Crippen molar-refractivity contribution in [2.24, 2.45) is 0 Å². The number of ether oxygens (including phenoxy) is 3. The number of nitrogens with zero attached hydrogens (tertiary/aromatic N) is 3. The highest BCUT2D eigenvalue weighted by molar-refractivity contribution is 7.13. The zero-order valence-electron chi connectivity index (χ0n) is 16.2. The van der Waals surface area contributed by atoms with Gasteiger partial charge in [0.05, 0.1) is 13.2 Å². The maximum absolute atomic E-state index is 12.0. The van der Waals surface area contributed by atoms with Gasteiger partial charge >= 0.3 is 5.97 Å². The third-order valence-corrected chi connectivity index (χ3v) is 4.47. The minimum Gasteiger partial charge on any atom is -0.494 e. The first-order valence-electron chi connectivity index (χ1n) is 9.18. The molecule has 0 radical (unpaired) electrons. The molecule has 1 amide bonds. The molecule has 30 heavy (non-hydrogen) atoms. The van der Waals surface area contributed by atoms with Gasteiger partial charge in [0.15, 0.2) is 23.1 Å². The van der Waals surface area contributed by atoms with Gasteiger partial charge in [-0.1, -0.05) is 0 Å². The maximum atomic E-state index is 12.0. The predicted octanol–water partition coefficient (Wildman–Crippen LogP) is 2.35. The summed E-state index contributed by atoms with van der Waals surface area (Å²) in [5.41, 5.74) is 0.106. The lowest BCUT2D eigenvalue weighted by Gasteiger charge is -2.09.